The van der Waals surface area contributed by atoms with E-state index < -0.39 is 10.0 Å². The Balaban J connectivity index is 1.56. The highest BCUT2D eigenvalue weighted by molar-refractivity contribution is 7.89. The summed E-state index contributed by atoms with van der Waals surface area (Å²) in [6.07, 6.45) is 6.71. The summed E-state index contributed by atoms with van der Waals surface area (Å²) in [6.45, 7) is 1.57. The molecule has 1 atom stereocenters. The highest BCUT2D eigenvalue weighted by atomic mass is 32.2. The molecule has 0 unspecified atom stereocenters. The average Bonchev–Trinajstić information content (AvgIpc) is 3.13. The molecule has 1 aliphatic heterocycles. The minimum absolute atomic E-state index is 0.0183. The van der Waals surface area contributed by atoms with Crippen LogP contribution in [0.15, 0.2) is 47.8 Å². The first-order valence-corrected chi connectivity index (χ1v) is 9.32. The van der Waals surface area contributed by atoms with Crippen molar-refractivity contribution in [2.75, 3.05) is 18.5 Å². The smallest absolute Gasteiger partial charge is 0.240 e. The maximum atomic E-state index is 12.3. The molecule has 7 nitrogen and oxygen atoms in total. The van der Waals surface area contributed by atoms with Crippen molar-refractivity contribution in [3.63, 3.8) is 0 Å². The number of hydrogen-bond acceptors (Lipinski definition) is 6. The van der Waals surface area contributed by atoms with E-state index in [9.17, 15) is 8.42 Å². The molecule has 0 amide bonds. The zero-order chi connectivity index (χ0) is 16.8. The Morgan fingerprint density at radius 1 is 1.21 bits per heavy atom. The van der Waals surface area contributed by atoms with Gasteiger partial charge in [-0.3, -0.25) is 4.98 Å². The van der Waals surface area contributed by atoms with Gasteiger partial charge in [0.05, 0.1) is 17.2 Å². The lowest BCUT2D eigenvalue weighted by Crippen LogP contribution is -2.31. The van der Waals surface area contributed by atoms with Crippen molar-refractivity contribution in [1.82, 2.24) is 14.7 Å². The van der Waals surface area contributed by atoms with E-state index in [0.717, 1.165) is 18.4 Å². The molecule has 0 aliphatic carbocycles. The van der Waals surface area contributed by atoms with Crippen LogP contribution in [0.4, 0.5) is 5.82 Å². The van der Waals surface area contributed by atoms with Crippen molar-refractivity contribution < 1.29 is 13.2 Å². The summed E-state index contributed by atoms with van der Waals surface area (Å²) < 4.78 is 32.6. The van der Waals surface area contributed by atoms with E-state index >= 15 is 0 Å². The molecule has 0 saturated carbocycles. The molecule has 2 heterocycles. The van der Waals surface area contributed by atoms with Gasteiger partial charge in [-0.25, -0.2) is 18.1 Å². The van der Waals surface area contributed by atoms with Crippen LogP contribution < -0.4 is 10.0 Å². The zero-order valence-electron chi connectivity index (χ0n) is 13.2. The summed E-state index contributed by atoms with van der Waals surface area (Å²) in [5.74, 6) is 0.674. The minimum atomic E-state index is -3.50. The number of ether oxygens (including phenoxy) is 1. The first-order chi connectivity index (χ1) is 11.6. The number of sulfonamides is 1. The molecule has 0 radical (unpaired) electrons. The summed E-state index contributed by atoms with van der Waals surface area (Å²) in [5.41, 5.74) is 0.957. The Labute approximate surface area is 141 Å². The monoisotopic (exact) mass is 348 g/mol. The lowest BCUT2D eigenvalue weighted by atomic mass is 10.2. The van der Waals surface area contributed by atoms with E-state index in [-0.39, 0.29) is 11.0 Å². The quantitative estimate of drug-likeness (QED) is 0.788. The maximum Gasteiger partial charge on any atom is 0.240 e. The SMILES string of the molecule is O=S(=O)(NC[C@@H]1CCCO1)c1ccc(CNc2cnccn2)cc1. The van der Waals surface area contributed by atoms with E-state index in [1.54, 1.807) is 42.9 Å². The molecule has 24 heavy (non-hydrogen) atoms. The molecule has 1 aromatic carbocycles. The summed E-state index contributed by atoms with van der Waals surface area (Å²) in [7, 11) is -3.50. The van der Waals surface area contributed by atoms with Gasteiger partial charge >= 0.3 is 0 Å². The molecule has 1 aromatic heterocycles. The average molecular weight is 348 g/mol. The second-order valence-electron chi connectivity index (χ2n) is 5.58. The minimum Gasteiger partial charge on any atom is -0.377 e. The van der Waals surface area contributed by atoms with E-state index in [1.807, 2.05) is 0 Å². The molecule has 1 saturated heterocycles. The van der Waals surface area contributed by atoms with E-state index in [4.69, 9.17) is 4.74 Å². The second kappa shape index (κ2) is 7.69. The molecule has 8 heteroatoms. The number of anilines is 1. The van der Waals surface area contributed by atoms with E-state index in [2.05, 4.69) is 20.0 Å². The fourth-order valence-corrected chi connectivity index (χ4v) is 3.53. The highest BCUT2D eigenvalue weighted by Crippen LogP contribution is 2.14. The third kappa shape index (κ3) is 4.50. The number of nitrogens with zero attached hydrogens (tertiary/aromatic N) is 2. The zero-order valence-corrected chi connectivity index (χ0v) is 14.0. The van der Waals surface area contributed by atoms with Crippen LogP contribution >= 0.6 is 0 Å². The van der Waals surface area contributed by atoms with Crippen molar-refractivity contribution >= 4 is 15.8 Å². The Hall–Kier alpha value is -2.03. The number of rotatable bonds is 7. The standard InChI is InChI=1S/C16H20N4O3S/c21-24(22,20-11-14-2-1-9-23-14)15-5-3-13(4-6-15)10-19-16-12-17-7-8-18-16/h3-8,12,14,20H,1-2,9-11H2,(H,18,19)/t14-/m0/s1. The number of aromatic nitrogens is 2. The molecule has 2 N–H and O–H groups in total. The Bertz CT molecular complexity index is 745. The van der Waals surface area contributed by atoms with Gasteiger partial charge in [-0.2, -0.15) is 0 Å². The molecule has 1 aliphatic rings. The van der Waals surface area contributed by atoms with Crippen LogP contribution in [-0.2, 0) is 21.3 Å². The van der Waals surface area contributed by atoms with Gasteiger partial charge < -0.3 is 10.1 Å². The largest absolute Gasteiger partial charge is 0.377 e. The fraction of sp³-hybridized carbons (Fsp3) is 0.375. The topological polar surface area (TPSA) is 93.2 Å². The van der Waals surface area contributed by atoms with Gasteiger partial charge in [-0.1, -0.05) is 12.1 Å². The van der Waals surface area contributed by atoms with Crippen LogP contribution in [0.1, 0.15) is 18.4 Å². The predicted molar refractivity (Wildman–Crippen MR) is 90.0 cm³/mol. The summed E-state index contributed by atoms with van der Waals surface area (Å²) >= 11 is 0. The lowest BCUT2D eigenvalue weighted by Gasteiger charge is -2.12. The molecular weight excluding hydrogens is 328 g/mol. The molecular formula is C16H20N4O3S. The van der Waals surface area contributed by atoms with E-state index in [0.29, 0.717) is 25.5 Å². The van der Waals surface area contributed by atoms with Gasteiger partial charge in [0.2, 0.25) is 10.0 Å². The normalized spacial score (nSPS) is 17.8. The first kappa shape index (κ1) is 16.8. The number of benzene rings is 1. The van der Waals surface area contributed by atoms with Crippen molar-refractivity contribution in [3.05, 3.63) is 48.4 Å². The van der Waals surface area contributed by atoms with Crippen LogP contribution in [0.5, 0.6) is 0 Å². The highest BCUT2D eigenvalue weighted by Gasteiger charge is 2.20. The van der Waals surface area contributed by atoms with Crippen LogP contribution in [0.25, 0.3) is 0 Å². The summed E-state index contributed by atoms with van der Waals surface area (Å²) in [4.78, 5) is 8.35. The predicted octanol–water partition coefficient (Wildman–Crippen LogP) is 1.55. The molecule has 3 rings (SSSR count). The molecule has 1 fully saturated rings. The second-order valence-corrected chi connectivity index (χ2v) is 7.34. The van der Waals surface area contributed by atoms with E-state index in [1.165, 1.54) is 0 Å². The summed E-state index contributed by atoms with van der Waals surface area (Å²) in [6, 6.07) is 6.77. The molecule has 0 bridgehead atoms. The Kier molecular flexibility index (Phi) is 5.39. The van der Waals surface area contributed by atoms with Gasteiger partial charge in [-0.05, 0) is 30.5 Å². The number of hydrogen-bond donors (Lipinski definition) is 2. The van der Waals surface area contributed by atoms with Crippen LogP contribution in [0, 0.1) is 0 Å². The van der Waals surface area contributed by atoms with Crippen molar-refractivity contribution in [2.45, 2.75) is 30.4 Å². The fourth-order valence-electron chi connectivity index (χ4n) is 2.46. The number of nitrogens with one attached hydrogen (secondary N) is 2. The lowest BCUT2D eigenvalue weighted by molar-refractivity contribution is 0.114. The van der Waals surface area contributed by atoms with Crippen molar-refractivity contribution in [3.8, 4) is 0 Å². The van der Waals surface area contributed by atoms with Gasteiger partial charge in [0, 0.05) is 32.1 Å². The summed E-state index contributed by atoms with van der Waals surface area (Å²) in [5, 5.41) is 3.13. The van der Waals surface area contributed by atoms with Crippen molar-refractivity contribution in [2.24, 2.45) is 0 Å². The third-order valence-electron chi connectivity index (χ3n) is 3.80. The Morgan fingerprint density at radius 3 is 2.71 bits per heavy atom. The molecule has 128 valence electrons. The maximum absolute atomic E-state index is 12.3. The van der Waals surface area contributed by atoms with Crippen molar-refractivity contribution in [1.29, 1.82) is 0 Å². The van der Waals surface area contributed by atoms with Gasteiger partial charge in [0.15, 0.2) is 0 Å². The third-order valence-corrected chi connectivity index (χ3v) is 5.23. The molecule has 0 spiro atoms. The first-order valence-electron chi connectivity index (χ1n) is 7.83. The van der Waals surface area contributed by atoms with Gasteiger partial charge in [0.25, 0.3) is 0 Å². The van der Waals surface area contributed by atoms with Crippen LogP contribution in [0.2, 0.25) is 0 Å². The van der Waals surface area contributed by atoms with Gasteiger partial charge in [-0.15, -0.1) is 0 Å². The Morgan fingerprint density at radius 2 is 2.04 bits per heavy atom. The van der Waals surface area contributed by atoms with Crippen LogP contribution in [-0.4, -0.2) is 37.6 Å². The molecule has 2 aromatic rings. The van der Waals surface area contributed by atoms with Crippen LogP contribution in [0.3, 0.4) is 0 Å². The van der Waals surface area contributed by atoms with Gasteiger partial charge in [0.1, 0.15) is 5.82 Å².